The van der Waals surface area contributed by atoms with Crippen molar-refractivity contribution in [2.45, 2.75) is 26.2 Å². The van der Waals surface area contributed by atoms with Crippen LogP contribution in [0.4, 0.5) is 0 Å². The number of ether oxygens (including phenoxy) is 1. The highest BCUT2D eigenvalue weighted by Crippen LogP contribution is 2.10. The normalized spacial score (nSPS) is 10.4. The molecule has 1 N–H and O–H groups in total. The summed E-state index contributed by atoms with van der Waals surface area (Å²) in [5.74, 6) is 0.0870. The van der Waals surface area contributed by atoms with Gasteiger partial charge in [0.1, 0.15) is 0 Å². The fourth-order valence-electron chi connectivity index (χ4n) is 1.27. The van der Waals surface area contributed by atoms with Gasteiger partial charge in [-0.05, 0) is 13.3 Å². The van der Waals surface area contributed by atoms with Crippen LogP contribution in [0.5, 0.6) is 0 Å². The van der Waals surface area contributed by atoms with E-state index in [9.17, 15) is 4.79 Å². The van der Waals surface area contributed by atoms with Gasteiger partial charge in [-0.3, -0.25) is 4.79 Å². The molecule has 1 amide bonds. The van der Waals surface area contributed by atoms with Gasteiger partial charge in [0.25, 0.3) is 0 Å². The molecule has 0 aromatic carbocycles. The van der Waals surface area contributed by atoms with Crippen molar-refractivity contribution in [1.82, 2.24) is 10.3 Å². The number of hydrogen-bond acceptors (Lipinski definition) is 4. The van der Waals surface area contributed by atoms with Crippen LogP contribution < -0.4 is 5.32 Å². The third-order valence-electron chi connectivity index (χ3n) is 2.08. The van der Waals surface area contributed by atoms with E-state index in [4.69, 9.17) is 4.74 Å². The van der Waals surface area contributed by atoms with E-state index in [1.165, 1.54) is 0 Å². The second kappa shape index (κ2) is 7.35. The first-order valence-corrected chi connectivity index (χ1v) is 6.27. The summed E-state index contributed by atoms with van der Waals surface area (Å²) in [5, 5.41) is 5.89. The third kappa shape index (κ3) is 5.23. The van der Waals surface area contributed by atoms with Gasteiger partial charge in [-0.1, -0.05) is 0 Å². The molecule has 1 heterocycles. The molecule has 1 rings (SSSR count). The van der Waals surface area contributed by atoms with Crippen molar-refractivity contribution >= 4 is 17.2 Å². The molecular formula is C11H18N2O2S. The van der Waals surface area contributed by atoms with Crippen molar-refractivity contribution in [2.75, 3.05) is 20.3 Å². The molecule has 0 saturated heterocycles. The number of rotatable bonds is 7. The molecule has 0 saturated carbocycles. The zero-order valence-electron chi connectivity index (χ0n) is 9.78. The smallest absolute Gasteiger partial charge is 0.220 e. The summed E-state index contributed by atoms with van der Waals surface area (Å²) < 4.78 is 4.90. The fraction of sp³-hybridized carbons (Fsp3) is 0.636. The summed E-state index contributed by atoms with van der Waals surface area (Å²) in [7, 11) is 1.66. The summed E-state index contributed by atoms with van der Waals surface area (Å²) in [6, 6.07) is 0. The van der Waals surface area contributed by atoms with Crippen LogP contribution in [0.3, 0.4) is 0 Å². The van der Waals surface area contributed by atoms with Crippen LogP contribution in [0.1, 0.15) is 23.5 Å². The van der Waals surface area contributed by atoms with Gasteiger partial charge >= 0.3 is 0 Å². The van der Waals surface area contributed by atoms with E-state index in [1.807, 2.05) is 12.3 Å². The van der Waals surface area contributed by atoms with E-state index in [1.54, 1.807) is 18.4 Å². The Bertz CT molecular complexity index is 326. The number of hydrogen-bond donors (Lipinski definition) is 1. The van der Waals surface area contributed by atoms with Crippen molar-refractivity contribution in [1.29, 1.82) is 0 Å². The molecule has 0 spiro atoms. The second-order valence-corrected chi connectivity index (χ2v) is 4.52. The van der Waals surface area contributed by atoms with Gasteiger partial charge in [0.05, 0.1) is 5.01 Å². The van der Waals surface area contributed by atoms with Crippen LogP contribution in [0, 0.1) is 6.92 Å². The lowest BCUT2D eigenvalue weighted by Gasteiger charge is -2.03. The number of aromatic nitrogens is 1. The minimum Gasteiger partial charge on any atom is -0.385 e. The van der Waals surface area contributed by atoms with Crippen molar-refractivity contribution in [2.24, 2.45) is 0 Å². The Morgan fingerprint density at radius 2 is 2.44 bits per heavy atom. The minimum absolute atomic E-state index is 0.0870. The highest BCUT2D eigenvalue weighted by molar-refractivity contribution is 7.09. The van der Waals surface area contributed by atoms with E-state index in [0.717, 1.165) is 23.5 Å². The summed E-state index contributed by atoms with van der Waals surface area (Å²) in [6.45, 7) is 3.33. The Kier molecular flexibility index (Phi) is 6.03. The maximum absolute atomic E-state index is 11.4. The SMILES string of the molecule is COCCCNC(=O)CCc1nc(C)cs1. The summed E-state index contributed by atoms with van der Waals surface area (Å²) >= 11 is 1.61. The maximum Gasteiger partial charge on any atom is 0.220 e. The van der Waals surface area contributed by atoms with Gasteiger partial charge < -0.3 is 10.1 Å². The standard InChI is InChI=1S/C11H18N2O2S/c1-9-8-16-11(13-9)5-4-10(14)12-6-3-7-15-2/h8H,3-7H2,1-2H3,(H,12,14). The molecule has 0 radical (unpaired) electrons. The Balaban J connectivity index is 2.10. The number of nitrogens with one attached hydrogen (secondary N) is 1. The molecule has 0 aliphatic carbocycles. The van der Waals surface area contributed by atoms with Crippen LogP contribution in [0.15, 0.2) is 5.38 Å². The van der Waals surface area contributed by atoms with E-state index in [2.05, 4.69) is 10.3 Å². The summed E-state index contributed by atoms with van der Waals surface area (Å²) in [4.78, 5) is 15.7. The van der Waals surface area contributed by atoms with Crippen LogP contribution in [-0.2, 0) is 16.0 Å². The lowest BCUT2D eigenvalue weighted by molar-refractivity contribution is -0.121. The predicted octanol–water partition coefficient (Wildman–Crippen LogP) is 1.54. The number of amides is 1. The van der Waals surface area contributed by atoms with Gasteiger partial charge in [0, 0.05) is 44.2 Å². The van der Waals surface area contributed by atoms with Gasteiger partial charge in [-0.2, -0.15) is 0 Å². The molecule has 90 valence electrons. The fourth-order valence-corrected chi connectivity index (χ4v) is 2.05. The average molecular weight is 242 g/mol. The van der Waals surface area contributed by atoms with Crippen molar-refractivity contribution in [3.05, 3.63) is 16.1 Å². The molecule has 5 heteroatoms. The summed E-state index contributed by atoms with van der Waals surface area (Å²) in [6.07, 6.45) is 2.10. The van der Waals surface area contributed by atoms with E-state index >= 15 is 0 Å². The van der Waals surface area contributed by atoms with Gasteiger partial charge in [-0.25, -0.2) is 4.98 Å². The number of nitrogens with zero attached hydrogens (tertiary/aromatic N) is 1. The minimum atomic E-state index is 0.0870. The quantitative estimate of drug-likeness (QED) is 0.738. The van der Waals surface area contributed by atoms with Gasteiger partial charge in [-0.15, -0.1) is 11.3 Å². The zero-order chi connectivity index (χ0) is 11.8. The summed E-state index contributed by atoms with van der Waals surface area (Å²) in [5.41, 5.74) is 1.03. The molecule has 16 heavy (non-hydrogen) atoms. The Morgan fingerprint density at radius 3 is 3.06 bits per heavy atom. The van der Waals surface area contributed by atoms with Gasteiger partial charge in [0.15, 0.2) is 0 Å². The molecule has 4 nitrogen and oxygen atoms in total. The molecule has 0 unspecified atom stereocenters. The highest BCUT2D eigenvalue weighted by Gasteiger charge is 2.04. The second-order valence-electron chi connectivity index (χ2n) is 3.58. The lowest BCUT2D eigenvalue weighted by Crippen LogP contribution is -2.25. The number of carbonyl (C=O) groups excluding carboxylic acids is 1. The largest absolute Gasteiger partial charge is 0.385 e. The topological polar surface area (TPSA) is 51.2 Å². The monoisotopic (exact) mass is 242 g/mol. The van der Waals surface area contributed by atoms with Gasteiger partial charge in [0.2, 0.25) is 5.91 Å². The Hall–Kier alpha value is -0.940. The lowest BCUT2D eigenvalue weighted by atomic mass is 10.3. The van der Waals surface area contributed by atoms with E-state index in [-0.39, 0.29) is 5.91 Å². The first-order valence-electron chi connectivity index (χ1n) is 5.39. The maximum atomic E-state index is 11.4. The Labute approximate surface area is 100 Å². The Morgan fingerprint density at radius 1 is 1.62 bits per heavy atom. The van der Waals surface area contributed by atoms with Crippen molar-refractivity contribution in [3.8, 4) is 0 Å². The molecule has 0 aliphatic rings. The van der Waals surface area contributed by atoms with Crippen LogP contribution >= 0.6 is 11.3 Å². The molecule has 1 aromatic rings. The third-order valence-corrected chi connectivity index (χ3v) is 3.11. The number of aryl methyl sites for hydroxylation is 2. The number of thiazole rings is 1. The van der Waals surface area contributed by atoms with Crippen LogP contribution in [0.2, 0.25) is 0 Å². The van der Waals surface area contributed by atoms with E-state index < -0.39 is 0 Å². The van der Waals surface area contributed by atoms with Crippen LogP contribution in [-0.4, -0.2) is 31.2 Å². The molecule has 0 bridgehead atoms. The number of methoxy groups -OCH3 is 1. The van der Waals surface area contributed by atoms with Crippen molar-refractivity contribution in [3.63, 3.8) is 0 Å². The molecule has 0 fully saturated rings. The van der Waals surface area contributed by atoms with Crippen molar-refractivity contribution < 1.29 is 9.53 Å². The van der Waals surface area contributed by atoms with Crippen LogP contribution in [0.25, 0.3) is 0 Å². The number of carbonyl (C=O) groups is 1. The molecule has 0 aliphatic heterocycles. The zero-order valence-corrected chi connectivity index (χ0v) is 10.6. The first-order chi connectivity index (χ1) is 7.72. The average Bonchev–Trinajstić information content (AvgIpc) is 2.68. The van der Waals surface area contributed by atoms with E-state index in [0.29, 0.717) is 19.6 Å². The highest BCUT2D eigenvalue weighted by atomic mass is 32.1. The first kappa shape index (κ1) is 13.1. The molecular weight excluding hydrogens is 224 g/mol. The molecule has 1 aromatic heterocycles. The molecule has 0 atom stereocenters. The predicted molar refractivity (Wildman–Crippen MR) is 64.7 cm³/mol.